The number of hydrogen-bond donors (Lipinski definition) is 2. The largest absolute Gasteiger partial charge is 0.490 e. The Labute approximate surface area is 185 Å². The van der Waals surface area contributed by atoms with Gasteiger partial charge in [0, 0.05) is 37.7 Å². The number of rotatable bonds is 11. The highest BCUT2D eigenvalue weighted by Gasteiger charge is 2.13. The molecule has 2 rings (SSSR count). The number of nitrogens with zero attached hydrogens (tertiary/aromatic N) is 2. The molecule has 0 aliphatic rings. The number of sulfone groups is 1. The standard InChI is InChI=1S/C22H32N4O4S/c1-5-14-29-19-10-6-7-11-20(19)30-21-18(9-8-13-24-21)16-25-22(23-3)26-17(2)12-15-31(4,27)28/h6-11,13,17H,5,12,14-16H2,1-4H3,(H2,23,25,26). The summed E-state index contributed by atoms with van der Waals surface area (Å²) in [5.41, 5.74) is 0.847. The van der Waals surface area contributed by atoms with Crippen LogP contribution in [0.1, 0.15) is 32.3 Å². The van der Waals surface area contributed by atoms with E-state index in [2.05, 4.69) is 27.5 Å². The average Bonchev–Trinajstić information content (AvgIpc) is 2.75. The molecule has 0 bridgehead atoms. The van der Waals surface area contributed by atoms with Gasteiger partial charge in [0.1, 0.15) is 9.84 Å². The molecular weight excluding hydrogens is 416 g/mol. The maximum atomic E-state index is 11.4. The van der Waals surface area contributed by atoms with Gasteiger partial charge in [0.25, 0.3) is 0 Å². The van der Waals surface area contributed by atoms with Crippen LogP contribution in [0.25, 0.3) is 0 Å². The van der Waals surface area contributed by atoms with Crippen molar-refractivity contribution in [2.45, 2.75) is 39.3 Å². The Morgan fingerprint density at radius 3 is 2.61 bits per heavy atom. The second-order valence-electron chi connectivity index (χ2n) is 7.25. The number of aliphatic imine (C=N–C) groups is 1. The van der Waals surface area contributed by atoms with E-state index in [0.717, 1.165) is 12.0 Å². The Morgan fingerprint density at radius 2 is 1.94 bits per heavy atom. The van der Waals surface area contributed by atoms with Crippen molar-refractivity contribution in [3.63, 3.8) is 0 Å². The molecule has 1 aromatic carbocycles. The van der Waals surface area contributed by atoms with E-state index < -0.39 is 9.84 Å². The molecule has 0 fully saturated rings. The van der Waals surface area contributed by atoms with Crippen LogP contribution in [0.4, 0.5) is 0 Å². The van der Waals surface area contributed by atoms with E-state index in [1.54, 1.807) is 13.2 Å². The summed E-state index contributed by atoms with van der Waals surface area (Å²) in [4.78, 5) is 8.58. The van der Waals surface area contributed by atoms with Gasteiger partial charge in [-0.2, -0.15) is 0 Å². The second-order valence-corrected chi connectivity index (χ2v) is 9.51. The van der Waals surface area contributed by atoms with Crippen molar-refractivity contribution in [2.75, 3.05) is 25.7 Å². The number of ether oxygens (including phenoxy) is 2. The Bertz CT molecular complexity index is 963. The molecule has 0 radical (unpaired) electrons. The summed E-state index contributed by atoms with van der Waals surface area (Å²) in [6, 6.07) is 11.2. The first-order valence-corrected chi connectivity index (χ1v) is 12.4. The number of nitrogens with one attached hydrogen (secondary N) is 2. The molecule has 9 heteroatoms. The zero-order valence-corrected chi connectivity index (χ0v) is 19.4. The van der Waals surface area contributed by atoms with Crippen LogP contribution in [0.3, 0.4) is 0 Å². The van der Waals surface area contributed by atoms with Crippen molar-refractivity contribution in [1.29, 1.82) is 0 Å². The number of hydrogen-bond acceptors (Lipinski definition) is 6. The van der Waals surface area contributed by atoms with Crippen LogP contribution in [-0.4, -0.2) is 51.1 Å². The number of aromatic nitrogens is 1. The van der Waals surface area contributed by atoms with E-state index >= 15 is 0 Å². The van der Waals surface area contributed by atoms with Crippen LogP contribution in [0, 0.1) is 0 Å². The first-order chi connectivity index (χ1) is 14.8. The van der Waals surface area contributed by atoms with Gasteiger partial charge in [-0.1, -0.05) is 25.1 Å². The molecule has 31 heavy (non-hydrogen) atoms. The molecule has 0 saturated heterocycles. The summed E-state index contributed by atoms with van der Waals surface area (Å²) in [7, 11) is -1.33. The summed E-state index contributed by atoms with van der Waals surface area (Å²) in [6.07, 6.45) is 4.31. The van der Waals surface area contributed by atoms with Gasteiger partial charge in [-0.3, -0.25) is 4.99 Å². The lowest BCUT2D eigenvalue weighted by Crippen LogP contribution is -2.42. The first-order valence-electron chi connectivity index (χ1n) is 10.3. The molecule has 2 aromatic rings. The SMILES string of the molecule is CCCOc1ccccc1Oc1ncccc1CNC(=NC)NC(C)CCS(C)(=O)=O. The van der Waals surface area contributed by atoms with E-state index in [-0.39, 0.29) is 11.8 Å². The van der Waals surface area contributed by atoms with Gasteiger partial charge < -0.3 is 20.1 Å². The van der Waals surface area contributed by atoms with Crippen LogP contribution in [0.5, 0.6) is 17.4 Å². The normalized spacial score (nSPS) is 12.8. The third kappa shape index (κ3) is 8.84. The molecule has 1 atom stereocenters. The minimum absolute atomic E-state index is 0.0480. The quantitative estimate of drug-likeness (QED) is 0.402. The Kier molecular flexibility index (Phi) is 9.58. The lowest BCUT2D eigenvalue weighted by atomic mass is 10.2. The zero-order chi connectivity index (χ0) is 22.7. The number of pyridine rings is 1. The van der Waals surface area contributed by atoms with Crippen LogP contribution < -0.4 is 20.1 Å². The zero-order valence-electron chi connectivity index (χ0n) is 18.6. The Balaban J connectivity index is 2.02. The topological polar surface area (TPSA) is 102 Å². The molecule has 0 amide bonds. The van der Waals surface area contributed by atoms with Gasteiger partial charge in [0.15, 0.2) is 17.5 Å². The third-order valence-corrected chi connectivity index (χ3v) is 5.32. The first kappa shape index (κ1) is 24.5. The minimum Gasteiger partial charge on any atom is -0.490 e. The molecule has 1 heterocycles. The molecule has 0 aliphatic heterocycles. The summed E-state index contributed by atoms with van der Waals surface area (Å²) >= 11 is 0. The monoisotopic (exact) mass is 448 g/mol. The van der Waals surface area contributed by atoms with Gasteiger partial charge in [-0.05, 0) is 38.0 Å². The van der Waals surface area contributed by atoms with Gasteiger partial charge in [0.05, 0.1) is 12.4 Å². The molecule has 170 valence electrons. The fourth-order valence-electron chi connectivity index (χ4n) is 2.69. The molecule has 8 nitrogen and oxygen atoms in total. The van der Waals surface area contributed by atoms with Gasteiger partial charge in [-0.15, -0.1) is 0 Å². The van der Waals surface area contributed by atoms with Gasteiger partial charge in [-0.25, -0.2) is 13.4 Å². The van der Waals surface area contributed by atoms with Crippen molar-refractivity contribution in [3.8, 4) is 17.4 Å². The van der Waals surface area contributed by atoms with Crippen LogP contribution in [0.2, 0.25) is 0 Å². The van der Waals surface area contributed by atoms with Crippen LogP contribution in [0.15, 0.2) is 47.6 Å². The molecule has 2 N–H and O–H groups in total. The molecule has 1 unspecified atom stereocenters. The van der Waals surface area contributed by atoms with Crippen molar-refractivity contribution in [1.82, 2.24) is 15.6 Å². The van der Waals surface area contributed by atoms with Crippen molar-refractivity contribution >= 4 is 15.8 Å². The van der Waals surface area contributed by atoms with Gasteiger partial charge in [0.2, 0.25) is 5.88 Å². The smallest absolute Gasteiger partial charge is 0.224 e. The summed E-state index contributed by atoms with van der Waals surface area (Å²) in [6.45, 7) is 5.01. The maximum absolute atomic E-state index is 11.4. The van der Waals surface area contributed by atoms with Crippen LogP contribution in [-0.2, 0) is 16.4 Å². The van der Waals surface area contributed by atoms with Crippen molar-refractivity contribution < 1.29 is 17.9 Å². The molecule has 0 saturated carbocycles. The lowest BCUT2D eigenvalue weighted by Gasteiger charge is -2.18. The fraction of sp³-hybridized carbons (Fsp3) is 0.455. The number of para-hydroxylation sites is 2. The fourth-order valence-corrected chi connectivity index (χ4v) is 3.47. The van der Waals surface area contributed by atoms with Crippen molar-refractivity contribution in [3.05, 3.63) is 48.2 Å². The van der Waals surface area contributed by atoms with E-state index in [0.29, 0.717) is 42.9 Å². The molecule has 1 aromatic heterocycles. The summed E-state index contributed by atoms with van der Waals surface area (Å²) < 4.78 is 34.6. The highest BCUT2D eigenvalue weighted by atomic mass is 32.2. The Hall–Kier alpha value is -2.81. The average molecular weight is 449 g/mol. The van der Waals surface area contributed by atoms with E-state index in [1.165, 1.54) is 6.26 Å². The predicted octanol–water partition coefficient (Wildman–Crippen LogP) is 3.15. The maximum Gasteiger partial charge on any atom is 0.224 e. The van der Waals surface area contributed by atoms with E-state index in [1.807, 2.05) is 43.3 Å². The molecule has 0 aliphatic carbocycles. The summed E-state index contributed by atoms with van der Waals surface area (Å²) in [5.74, 6) is 2.45. The van der Waals surface area contributed by atoms with Gasteiger partial charge >= 0.3 is 0 Å². The number of benzene rings is 1. The predicted molar refractivity (Wildman–Crippen MR) is 124 cm³/mol. The van der Waals surface area contributed by atoms with Crippen molar-refractivity contribution in [2.24, 2.45) is 4.99 Å². The second kappa shape index (κ2) is 12.1. The number of guanidine groups is 1. The third-order valence-electron chi connectivity index (χ3n) is 4.34. The highest BCUT2D eigenvalue weighted by Crippen LogP contribution is 2.31. The lowest BCUT2D eigenvalue weighted by molar-refractivity contribution is 0.300. The van der Waals surface area contributed by atoms with E-state index in [4.69, 9.17) is 9.47 Å². The highest BCUT2D eigenvalue weighted by molar-refractivity contribution is 7.90. The summed E-state index contributed by atoms with van der Waals surface area (Å²) in [5, 5.41) is 6.43. The van der Waals surface area contributed by atoms with Crippen LogP contribution >= 0.6 is 0 Å². The Morgan fingerprint density at radius 1 is 1.19 bits per heavy atom. The minimum atomic E-state index is -3.00. The van der Waals surface area contributed by atoms with E-state index in [9.17, 15) is 8.42 Å². The molecule has 0 spiro atoms. The molecular formula is C22H32N4O4S.